The van der Waals surface area contributed by atoms with Crippen molar-refractivity contribution in [1.82, 2.24) is 4.90 Å². The number of hydrogen-bond acceptors (Lipinski definition) is 4. The molecule has 0 unspecified atom stereocenters. The molecule has 2 rings (SSSR count). The average Bonchev–Trinajstić information content (AvgIpc) is 2.51. The predicted molar refractivity (Wildman–Crippen MR) is 96.9 cm³/mol. The van der Waals surface area contributed by atoms with Crippen molar-refractivity contribution in [3.05, 3.63) is 24.3 Å². The van der Waals surface area contributed by atoms with E-state index < -0.39 is 10.0 Å². The van der Waals surface area contributed by atoms with Gasteiger partial charge in [0.05, 0.1) is 18.5 Å². The molecule has 1 saturated heterocycles. The number of hydrogen-bond donors (Lipinski definition) is 2. The number of sulfonamides is 1. The van der Waals surface area contributed by atoms with Gasteiger partial charge in [-0.05, 0) is 30.9 Å². The summed E-state index contributed by atoms with van der Waals surface area (Å²) in [4.78, 5) is 6.46. The number of anilines is 1. The van der Waals surface area contributed by atoms with E-state index in [4.69, 9.17) is 10.5 Å². The van der Waals surface area contributed by atoms with Crippen LogP contribution in [-0.4, -0.2) is 51.8 Å². The van der Waals surface area contributed by atoms with E-state index in [2.05, 4.69) is 21.5 Å². The molecule has 1 aromatic rings. The molecule has 134 valence electrons. The number of nitrogens with zero attached hydrogens (tertiary/aromatic N) is 2. The standard InChI is InChI=1S/C16H26N4O3S/c1-13-6-9-20(10-7-13)16(17)18-8-11-23-15-5-3-4-14(12-15)19-24(2,21)22/h3-5,12-13,19H,6-11H2,1-2H3,(H2,17,18). The lowest BCUT2D eigenvalue weighted by molar-refractivity contribution is 0.276. The van der Waals surface area contributed by atoms with Gasteiger partial charge in [-0.25, -0.2) is 13.4 Å². The third kappa shape index (κ3) is 6.27. The van der Waals surface area contributed by atoms with Crippen molar-refractivity contribution in [2.24, 2.45) is 16.6 Å². The van der Waals surface area contributed by atoms with E-state index in [0.717, 1.165) is 38.1 Å². The third-order valence-corrected chi connectivity index (χ3v) is 4.49. The van der Waals surface area contributed by atoms with Crippen LogP contribution in [0.3, 0.4) is 0 Å². The summed E-state index contributed by atoms with van der Waals surface area (Å²) >= 11 is 0. The summed E-state index contributed by atoms with van der Waals surface area (Å²) < 4.78 is 30.5. The third-order valence-electron chi connectivity index (χ3n) is 3.88. The number of likely N-dealkylation sites (tertiary alicyclic amines) is 1. The molecule has 0 spiro atoms. The predicted octanol–water partition coefficient (Wildman–Crippen LogP) is 1.48. The Labute approximate surface area is 143 Å². The van der Waals surface area contributed by atoms with Gasteiger partial charge in [0.15, 0.2) is 5.96 Å². The van der Waals surface area contributed by atoms with Crippen molar-refractivity contribution in [3.8, 4) is 5.75 Å². The van der Waals surface area contributed by atoms with Gasteiger partial charge in [-0.3, -0.25) is 4.72 Å². The normalized spacial score (nSPS) is 16.9. The lowest BCUT2D eigenvalue weighted by atomic mass is 10.00. The van der Waals surface area contributed by atoms with Crippen LogP contribution in [0.4, 0.5) is 5.69 Å². The highest BCUT2D eigenvalue weighted by atomic mass is 32.2. The molecule has 0 radical (unpaired) electrons. The molecule has 1 fully saturated rings. The molecule has 1 aromatic carbocycles. The van der Waals surface area contributed by atoms with E-state index in [-0.39, 0.29) is 0 Å². The van der Waals surface area contributed by atoms with Crippen molar-refractivity contribution < 1.29 is 13.2 Å². The molecular formula is C16H26N4O3S. The van der Waals surface area contributed by atoms with E-state index in [9.17, 15) is 8.42 Å². The van der Waals surface area contributed by atoms with Crippen LogP contribution in [0.2, 0.25) is 0 Å². The zero-order valence-corrected chi connectivity index (χ0v) is 15.1. The van der Waals surface area contributed by atoms with Crippen LogP contribution >= 0.6 is 0 Å². The number of rotatable bonds is 6. The second-order valence-electron chi connectivity index (χ2n) is 6.16. The molecule has 1 aliphatic rings. The van der Waals surface area contributed by atoms with Gasteiger partial charge in [0.25, 0.3) is 0 Å². The maximum absolute atomic E-state index is 11.2. The lowest BCUT2D eigenvalue weighted by Crippen LogP contribution is -2.42. The Kier molecular flexibility index (Phi) is 6.30. The van der Waals surface area contributed by atoms with Gasteiger partial charge >= 0.3 is 0 Å². The number of nitrogens with one attached hydrogen (secondary N) is 1. The molecule has 7 nitrogen and oxygen atoms in total. The van der Waals surface area contributed by atoms with Crippen LogP contribution in [0.1, 0.15) is 19.8 Å². The van der Waals surface area contributed by atoms with E-state index in [0.29, 0.717) is 30.5 Å². The van der Waals surface area contributed by atoms with Gasteiger partial charge in [-0.1, -0.05) is 13.0 Å². The SMILES string of the molecule is CC1CCN(C(N)=NCCOc2cccc(NS(C)(=O)=O)c2)CC1. The zero-order valence-electron chi connectivity index (χ0n) is 14.2. The van der Waals surface area contributed by atoms with E-state index in [1.54, 1.807) is 24.3 Å². The Morgan fingerprint density at radius 3 is 2.79 bits per heavy atom. The first-order chi connectivity index (χ1) is 11.3. The summed E-state index contributed by atoms with van der Waals surface area (Å²) in [6.45, 7) is 5.01. The van der Waals surface area contributed by atoms with Crippen LogP contribution < -0.4 is 15.2 Å². The molecule has 0 aromatic heterocycles. The Morgan fingerprint density at radius 2 is 2.12 bits per heavy atom. The Balaban J connectivity index is 1.79. The quantitative estimate of drug-likeness (QED) is 0.458. The molecule has 1 aliphatic heterocycles. The van der Waals surface area contributed by atoms with Crippen LogP contribution in [-0.2, 0) is 10.0 Å². The minimum atomic E-state index is -3.30. The average molecular weight is 354 g/mol. The van der Waals surface area contributed by atoms with E-state index in [1.165, 1.54) is 0 Å². The summed E-state index contributed by atoms with van der Waals surface area (Å²) in [6.07, 6.45) is 3.40. The number of benzene rings is 1. The smallest absolute Gasteiger partial charge is 0.229 e. The number of ether oxygens (including phenoxy) is 1. The molecule has 0 amide bonds. The number of piperidine rings is 1. The van der Waals surface area contributed by atoms with E-state index in [1.807, 2.05) is 0 Å². The zero-order chi connectivity index (χ0) is 17.6. The minimum absolute atomic E-state index is 0.382. The summed E-state index contributed by atoms with van der Waals surface area (Å²) in [7, 11) is -3.30. The fourth-order valence-electron chi connectivity index (χ4n) is 2.52. The van der Waals surface area contributed by atoms with Gasteiger partial charge in [-0.2, -0.15) is 0 Å². The Morgan fingerprint density at radius 1 is 1.42 bits per heavy atom. The van der Waals surface area contributed by atoms with Gasteiger partial charge in [0.1, 0.15) is 12.4 Å². The highest BCUT2D eigenvalue weighted by Crippen LogP contribution is 2.18. The summed E-state index contributed by atoms with van der Waals surface area (Å²) in [5, 5.41) is 0. The fourth-order valence-corrected chi connectivity index (χ4v) is 3.08. The van der Waals surface area contributed by atoms with Crippen LogP contribution in [0, 0.1) is 5.92 Å². The van der Waals surface area contributed by atoms with Crippen LogP contribution in [0.5, 0.6) is 5.75 Å². The molecule has 0 atom stereocenters. The number of guanidine groups is 1. The first-order valence-electron chi connectivity index (χ1n) is 8.09. The Hall–Kier alpha value is -1.96. The molecule has 3 N–H and O–H groups in total. The molecule has 24 heavy (non-hydrogen) atoms. The lowest BCUT2D eigenvalue weighted by Gasteiger charge is -2.31. The highest BCUT2D eigenvalue weighted by molar-refractivity contribution is 7.92. The van der Waals surface area contributed by atoms with Crippen LogP contribution in [0.15, 0.2) is 29.3 Å². The second kappa shape index (κ2) is 8.23. The monoisotopic (exact) mass is 354 g/mol. The topological polar surface area (TPSA) is 97.0 Å². The van der Waals surface area contributed by atoms with Crippen molar-refractivity contribution in [2.45, 2.75) is 19.8 Å². The fraction of sp³-hybridized carbons (Fsp3) is 0.562. The molecule has 0 bridgehead atoms. The largest absolute Gasteiger partial charge is 0.492 e. The first-order valence-corrected chi connectivity index (χ1v) is 9.98. The maximum Gasteiger partial charge on any atom is 0.229 e. The molecule has 0 aliphatic carbocycles. The molecular weight excluding hydrogens is 328 g/mol. The highest BCUT2D eigenvalue weighted by Gasteiger charge is 2.16. The van der Waals surface area contributed by atoms with Crippen molar-refractivity contribution in [1.29, 1.82) is 0 Å². The molecule has 1 heterocycles. The summed E-state index contributed by atoms with van der Waals surface area (Å²) in [6, 6.07) is 6.81. The van der Waals surface area contributed by atoms with Gasteiger partial charge in [0.2, 0.25) is 10.0 Å². The van der Waals surface area contributed by atoms with Crippen molar-refractivity contribution in [3.63, 3.8) is 0 Å². The van der Waals surface area contributed by atoms with Crippen molar-refractivity contribution >= 4 is 21.7 Å². The van der Waals surface area contributed by atoms with Crippen LogP contribution in [0.25, 0.3) is 0 Å². The van der Waals surface area contributed by atoms with E-state index >= 15 is 0 Å². The van der Waals surface area contributed by atoms with Gasteiger partial charge in [0, 0.05) is 19.2 Å². The first kappa shape index (κ1) is 18.4. The number of aliphatic imine (C=N–C) groups is 1. The minimum Gasteiger partial charge on any atom is -0.492 e. The van der Waals surface area contributed by atoms with Gasteiger partial charge in [-0.15, -0.1) is 0 Å². The maximum atomic E-state index is 11.2. The molecule has 0 saturated carbocycles. The Bertz CT molecular complexity index is 668. The van der Waals surface area contributed by atoms with Crippen molar-refractivity contribution in [2.75, 3.05) is 37.2 Å². The summed E-state index contributed by atoms with van der Waals surface area (Å²) in [5.74, 6) is 1.91. The van der Waals surface area contributed by atoms with Gasteiger partial charge < -0.3 is 15.4 Å². The number of nitrogens with two attached hydrogens (primary N) is 1. The molecule has 8 heteroatoms. The second-order valence-corrected chi connectivity index (χ2v) is 7.91. The summed E-state index contributed by atoms with van der Waals surface area (Å²) in [5.41, 5.74) is 6.48.